The Morgan fingerprint density at radius 1 is 1.09 bits per heavy atom. The first-order chi connectivity index (χ1) is 10.9. The molecule has 0 radical (unpaired) electrons. The van der Waals surface area contributed by atoms with E-state index in [9.17, 15) is 0 Å². The molecule has 3 heteroatoms. The van der Waals surface area contributed by atoms with Gasteiger partial charge in [0.05, 0.1) is 6.54 Å². The molecule has 23 heavy (non-hydrogen) atoms. The van der Waals surface area contributed by atoms with Gasteiger partial charge in [0.25, 0.3) is 0 Å². The molecule has 3 nitrogen and oxygen atoms in total. The van der Waals surface area contributed by atoms with Crippen molar-refractivity contribution in [3.63, 3.8) is 0 Å². The summed E-state index contributed by atoms with van der Waals surface area (Å²) < 4.78 is 5.91. The molecule has 1 aliphatic heterocycles. The molecule has 3 rings (SSSR count). The van der Waals surface area contributed by atoms with E-state index in [1.54, 1.807) is 0 Å². The van der Waals surface area contributed by atoms with Gasteiger partial charge < -0.3 is 15.4 Å². The van der Waals surface area contributed by atoms with Gasteiger partial charge in [0.2, 0.25) is 0 Å². The smallest absolute Gasteiger partial charge is 0.119 e. The minimum absolute atomic E-state index is 0.178. The number of benzene rings is 2. The zero-order valence-electron chi connectivity index (χ0n) is 14.3. The van der Waals surface area contributed by atoms with Crippen LogP contribution in [0.4, 0.5) is 11.4 Å². The number of hydrogen-bond donors (Lipinski definition) is 1. The number of nitrogens with two attached hydrogens (primary N) is 1. The van der Waals surface area contributed by atoms with Crippen molar-refractivity contribution in [1.29, 1.82) is 0 Å². The van der Waals surface area contributed by atoms with Gasteiger partial charge in [-0.05, 0) is 47.2 Å². The lowest BCUT2D eigenvalue weighted by atomic mass is 9.87. The second kappa shape index (κ2) is 6.15. The van der Waals surface area contributed by atoms with Crippen molar-refractivity contribution in [3.8, 4) is 5.75 Å². The lowest BCUT2D eigenvalue weighted by molar-refractivity contribution is 0.324. The quantitative estimate of drug-likeness (QED) is 0.867. The van der Waals surface area contributed by atoms with E-state index < -0.39 is 0 Å². The van der Waals surface area contributed by atoms with Gasteiger partial charge in [0, 0.05) is 17.9 Å². The Bertz CT molecular complexity index is 671. The Morgan fingerprint density at radius 2 is 1.83 bits per heavy atom. The fourth-order valence-corrected chi connectivity index (χ4v) is 3.02. The molecule has 0 spiro atoms. The molecular formula is C20H26N2O. The Hall–Kier alpha value is -2.16. The van der Waals surface area contributed by atoms with E-state index in [-0.39, 0.29) is 5.41 Å². The van der Waals surface area contributed by atoms with E-state index in [0.29, 0.717) is 6.61 Å². The van der Waals surface area contributed by atoms with Crippen LogP contribution in [0.25, 0.3) is 0 Å². The van der Waals surface area contributed by atoms with Gasteiger partial charge in [-0.2, -0.15) is 0 Å². The fraction of sp³-hybridized carbons (Fsp3) is 0.400. The van der Waals surface area contributed by atoms with Gasteiger partial charge >= 0.3 is 0 Å². The summed E-state index contributed by atoms with van der Waals surface area (Å²) in [6.45, 7) is 9.28. The van der Waals surface area contributed by atoms with Crippen molar-refractivity contribution in [3.05, 3.63) is 53.6 Å². The second-order valence-electron chi connectivity index (χ2n) is 7.25. The Kier molecular flexibility index (Phi) is 4.20. The van der Waals surface area contributed by atoms with Crippen molar-refractivity contribution in [2.75, 3.05) is 30.3 Å². The third-order valence-corrected chi connectivity index (χ3v) is 4.45. The van der Waals surface area contributed by atoms with Crippen molar-refractivity contribution >= 4 is 11.4 Å². The van der Waals surface area contributed by atoms with E-state index >= 15 is 0 Å². The van der Waals surface area contributed by atoms with Crippen LogP contribution in [-0.4, -0.2) is 19.7 Å². The SMILES string of the molecule is CC(C)(C)c1ccc(OCCN2CCc3ccc(N)cc32)cc1. The monoisotopic (exact) mass is 310 g/mol. The average Bonchev–Trinajstić information content (AvgIpc) is 2.89. The molecule has 0 fully saturated rings. The number of ether oxygens (including phenoxy) is 1. The number of nitrogen functional groups attached to an aromatic ring is 1. The third-order valence-electron chi connectivity index (χ3n) is 4.45. The van der Waals surface area contributed by atoms with Crippen LogP contribution in [0.3, 0.4) is 0 Å². The summed E-state index contributed by atoms with van der Waals surface area (Å²) in [5, 5.41) is 0. The maximum absolute atomic E-state index is 5.91. The summed E-state index contributed by atoms with van der Waals surface area (Å²) in [7, 11) is 0. The average molecular weight is 310 g/mol. The second-order valence-corrected chi connectivity index (χ2v) is 7.25. The molecule has 0 amide bonds. The van der Waals surface area contributed by atoms with Crippen LogP contribution in [0.5, 0.6) is 5.75 Å². The van der Waals surface area contributed by atoms with Crippen LogP contribution in [0.2, 0.25) is 0 Å². The van der Waals surface area contributed by atoms with Crippen LogP contribution < -0.4 is 15.4 Å². The zero-order valence-corrected chi connectivity index (χ0v) is 14.3. The molecule has 1 aliphatic rings. The molecule has 0 aromatic heterocycles. The van der Waals surface area contributed by atoms with E-state index in [0.717, 1.165) is 30.9 Å². The molecule has 122 valence electrons. The van der Waals surface area contributed by atoms with Gasteiger partial charge in [0.15, 0.2) is 0 Å². The summed E-state index contributed by atoms with van der Waals surface area (Å²) in [4.78, 5) is 2.36. The van der Waals surface area contributed by atoms with Gasteiger partial charge in [0.1, 0.15) is 12.4 Å². The lowest BCUT2D eigenvalue weighted by Gasteiger charge is -2.21. The third kappa shape index (κ3) is 3.61. The van der Waals surface area contributed by atoms with Gasteiger partial charge in [-0.3, -0.25) is 0 Å². The first-order valence-corrected chi connectivity index (χ1v) is 8.30. The molecule has 0 atom stereocenters. The molecule has 0 unspecified atom stereocenters. The van der Waals surface area contributed by atoms with Crippen molar-refractivity contribution in [2.45, 2.75) is 32.6 Å². The number of anilines is 2. The van der Waals surface area contributed by atoms with E-state index in [2.05, 4.69) is 62.1 Å². The molecule has 0 bridgehead atoms. The first kappa shape index (κ1) is 15.7. The van der Waals surface area contributed by atoms with Crippen LogP contribution >= 0.6 is 0 Å². The number of nitrogens with zero attached hydrogens (tertiary/aromatic N) is 1. The summed E-state index contributed by atoms with van der Waals surface area (Å²) in [6, 6.07) is 14.6. The summed E-state index contributed by atoms with van der Waals surface area (Å²) >= 11 is 0. The van der Waals surface area contributed by atoms with Crippen molar-refractivity contribution < 1.29 is 4.74 Å². The predicted molar refractivity (Wildman–Crippen MR) is 97.4 cm³/mol. The standard InChI is InChI=1S/C20H26N2O/c1-20(2,3)16-5-8-18(9-6-16)23-13-12-22-11-10-15-4-7-17(21)14-19(15)22/h4-9,14H,10-13,21H2,1-3H3. The Labute approximate surface area is 139 Å². The van der Waals surface area contributed by atoms with Crippen LogP contribution in [0.1, 0.15) is 31.9 Å². The first-order valence-electron chi connectivity index (χ1n) is 8.30. The molecule has 2 N–H and O–H groups in total. The van der Waals surface area contributed by atoms with Gasteiger partial charge in [-0.25, -0.2) is 0 Å². The van der Waals surface area contributed by atoms with Crippen LogP contribution in [0.15, 0.2) is 42.5 Å². The molecule has 2 aromatic rings. The number of fused-ring (bicyclic) bond motifs is 1. The molecule has 0 saturated heterocycles. The number of hydrogen-bond acceptors (Lipinski definition) is 3. The Morgan fingerprint density at radius 3 is 2.52 bits per heavy atom. The van der Waals surface area contributed by atoms with Crippen LogP contribution in [-0.2, 0) is 11.8 Å². The van der Waals surface area contributed by atoms with Crippen LogP contribution in [0, 0.1) is 0 Å². The maximum Gasteiger partial charge on any atom is 0.119 e. The largest absolute Gasteiger partial charge is 0.492 e. The number of rotatable bonds is 4. The highest BCUT2D eigenvalue weighted by Gasteiger charge is 2.19. The molecule has 2 aromatic carbocycles. The summed E-state index contributed by atoms with van der Waals surface area (Å²) in [6.07, 6.45) is 1.09. The maximum atomic E-state index is 5.91. The summed E-state index contributed by atoms with van der Waals surface area (Å²) in [5.74, 6) is 0.935. The predicted octanol–water partition coefficient (Wildman–Crippen LogP) is 4.01. The molecule has 1 heterocycles. The minimum atomic E-state index is 0.178. The Balaban J connectivity index is 1.56. The summed E-state index contributed by atoms with van der Waals surface area (Å²) in [5.41, 5.74) is 10.9. The van der Waals surface area contributed by atoms with Crippen molar-refractivity contribution in [2.24, 2.45) is 0 Å². The highest BCUT2D eigenvalue weighted by Crippen LogP contribution is 2.29. The molecular weight excluding hydrogens is 284 g/mol. The highest BCUT2D eigenvalue weighted by molar-refractivity contribution is 5.64. The zero-order chi connectivity index (χ0) is 16.4. The van der Waals surface area contributed by atoms with E-state index in [1.165, 1.54) is 16.8 Å². The molecule has 0 saturated carbocycles. The fourth-order valence-electron chi connectivity index (χ4n) is 3.02. The lowest BCUT2D eigenvalue weighted by Crippen LogP contribution is -2.26. The van der Waals surface area contributed by atoms with Crippen molar-refractivity contribution in [1.82, 2.24) is 0 Å². The topological polar surface area (TPSA) is 38.5 Å². The van der Waals surface area contributed by atoms with E-state index in [4.69, 9.17) is 10.5 Å². The van der Waals surface area contributed by atoms with Gasteiger partial charge in [-0.15, -0.1) is 0 Å². The van der Waals surface area contributed by atoms with Gasteiger partial charge in [-0.1, -0.05) is 39.0 Å². The minimum Gasteiger partial charge on any atom is -0.492 e. The molecule has 0 aliphatic carbocycles. The van der Waals surface area contributed by atoms with E-state index in [1.807, 2.05) is 6.07 Å². The normalized spacial score (nSPS) is 14.0. The highest BCUT2D eigenvalue weighted by atomic mass is 16.5.